The van der Waals surface area contributed by atoms with Crippen LogP contribution in [-0.4, -0.2) is 28.8 Å². The van der Waals surface area contributed by atoms with Gasteiger partial charge in [-0.05, 0) is 49.5 Å². The van der Waals surface area contributed by atoms with Crippen LogP contribution >= 0.6 is 0 Å². The molecule has 0 saturated heterocycles. The molecular weight excluding hydrogens is 344 g/mol. The molecule has 5 heteroatoms. The first-order chi connectivity index (χ1) is 12.5. The zero-order valence-electron chi connectivity index (χ0n) is 17.3. The molecule has 1 N–H and O–H groups in total. The normalized spacial score (nSPS) is 43.1. The minimum atomic E-state index is -0.900. The number of cyclic esters (lactones) is 1. The quantitative estimate of drug-likeness (QED) is 0.749. The fraction of sp³-hybridized carbons (Fsp3) is 0.818. The summed E-state index contributed by atoms with van der Waals surface area (Å²) < 4.78 is 10.7. The standard InChI is InChI=1S/C22H34O5/c1-14-13-17(27-15(2)23)18-20(3,4)9-6-10-21(18,5)22(14,25)11-7-16-8-12-26-19(16)24/h8,12,14,16-18,25H,6-7,9-11,13H2,1-5H3/t14-,16-,17?,18-,21-,22+/m0/s1. The molecule has 6 atom stereocenters. The highest BCUT2D eigenvalue weighted by Gasteiger charge is 2.65. The first-order valence-corrected chi connectivity index (χ1v) is 10.3. The van der Waals surface area contributed by atoms with E-state index in [4.69, 9.17) is 9.47 Å². The molecule has 152 valence electrons. The van der Waals surface area contributed by atoms with Gasteiger partial charge in [-0.3, -0.25) is 9.59 Å². The van der Waals surface area contributed by atoms with Crippen LogP contribution in [0.5, 0.6) is 0 Å². The highest BCUT2D eigenvalue weighted by atomic mass is 16.5. The van der Waals surface area contributed by atoms with E-state index in [1.807, 2.05) is 0 Å². The Morgan fingerprint density at radius 1 is 1.33 bits per heavy atom. The Morgan fingerprint density at radius 2 is 2.04 bits per heavy atom. The van der Waals surface area contributed by atoms with Gasteiger partial charge < -0.3 is 14.6 Å². The van der Waals surface area contributed by atoms with E-state index >= 15 is 0 Å². The second-order valence-corrected chi connectivity index (χ2v) is 9.86. The van der Waals surface area contributed by atoms with E-state index in [1.54, 1.807) is 6.08 Å². The van der Waals surface area contributed by atoms with Crippen molar-refractivity contribution in [3.63, 3.8) is 0 Å². The van der Waals surface area contributed by atoms with Crippen LogP contribution in [0.25, 0.3) is 0 Å². The van der Waals surface area contributed by atoms with Crippen LogP contribution in [0.3, 0.4) is 0 Å². The summed E-state index contributed by atoms with van der Waals surface area (Å²) >= 11 is 0. The number of aliphatic hydroxyl groups is 1. The molecule has 0 aromatic heterocycles. The third-order valence-corrected chi connectivity index (χ3v) is 7.76. The molecule has 2 fully saturated rings. The lowest BCUT2D eigenvalue weighted by Crippen LogP contribution is -2.66. The maximum absolute atomic E-state index is 12.0. The lowest BCUT2D eigenvalue weighted by atomic mass is 9.43. The molecule has 2 saturated carbocycles. The SMILES string of the molecule is CC(=O)OC1C[C@H](C)[C@](O)(CC[C@H]2C=COC2=O)[C@@]2(C)CCCC(C)(C)[C@H]12. The van der Waals surface area contributed by atoms with E-state index < -0.39 is 5.60 Å². The molecule has 3 rings (SSSR count). The molecule has 0 spiro atoms. The van der Waals surface area contributed by atoms with Crippen molar-refractivity contribution in [2.75, 3.05) is 0 Å². The van der Waals surface area contributed by atoms with Gasteiger partial charge in [0.2, 0.25) is 0 Å². The van der Waals surface area contributed by atoms with Gasteiger partial charge in [0, 0.05) is 18.3 Å². The highest BCUT2D eigenvalue weighted by Crippen LogP contribution is 2.64. The average Bonchev–Trinajstić information content (AvgIpc) is 2.94. The fourth-order valence-corrected chi connectivity index (χ4v) is 6.54. The molecule has 1 aliphatic heterocycles. The minimum absolute atomic E-state index is 0.0154. The fourth-order valence-electron chi connectivity index (χ4n) is 6.54. The predicted octanol–water partition coefficient (Wildman–Crippen LogP) is 3.99. The van der Waals surface area contributed by atoms with Gasteiger partial charge in [-0.1, -0.05) is 34.1 Å². The lowest BCUT2D eigenvalue weighted by molar-refractivity contribution is -0.250. The molecule has 0 amide bonds. The minimum Gasteiger partial charge on any atom is -0.462 e. The van der Waals surface area contributed by atoms with Gasteiger partial charge in [-0.25, -0.2) is 0 Å². The first-order valence-electron chi connectivity index (χ1n) is 10.3. The molecule has 5 nitrogen and oxygen atoms in total. The van der Waals surface area contributed by atoms with E-state index in [-0.39, 0.29) is 46.6 Å². The Hall–Kier alpha value is -1.36. The van der Waals surface area contributed by atoms with Crippen LogP contribution < -0.4 is 0 Å². The third-order valence-electron chi connectivity index (χ3n) is 7.76. The van der Waals surface area contributed by atoms with Gasteiger partial charge in [0.05, 0.1) is 17.8 Å². The summed E-state index contributed by atoms with van der Waals surface area (Å²) in [6.07, 6.45) is 7.87. The average molecular weight is 379 g/mol. The van der Waals surface area contributed by atoms with Crippen molar-refractivity contribution in [3.8, 4) is 0 Å². The van der Waals surface area contributed by atoms with Crippen molar-refractivity contribution < 1.29 is 24.2 Å². The predicted molar refractivity (Wildman–Crippen MR) is 101 cm³/mol. The first kappa shape index (κ1) is 20.4. The van der Waals surface area contributed by atoms with Crippen LogP contribution in [0.1, 0.15) is 73.1 Å². The molecule has 0 bridgehead atoms. The maximum Gasteiger partial charge on any atom is 0.317 e. The van der Waals surface area contributed by atoms with E-state index in [9.17, 15) is 14.7 Å². The van der Waals surface area contributed by atoms with Gasteiger partial charge in [-0.2, -0.15) is 0 Å². The molecule has 1 heterocycles. The highest BCUT2D eigenvalue weighted by molar-refractivity contribution is 5.77. The van der Waals surface area contributed by atoms with Crippen LogP contribution in [-0.2, 0) is 19.1 Å². The molecule has 27 heavy (non-hydrogen) atoms. The van der Waals surface area contributed by atoms with Crippen molar-refractivity contribution in [1.29, 1.82) is 0 Å². The largest absolute Gasteiger partial charge is 0.462 e. The number of ether oxygens (including phenoxy) is 2. The van der Waals surface area contributed by atoms with E-state index in [2.05, 4.69) is 27.7 Å². The molecule has 3 aliphatic rings. The maximum atomic E-state index is 12.0. The lowest BCUT2D eigenvalue weighted by Gasteiger charge is -2.64. The Labute approximate surface area is 162 Å². The second kappa shape index (κ2) is 6.91. The summed E-state index contributed by atoms with van der Waals surface area (Å²) in [4.78, 5) is 23.6. The van der Waals surface area contributed by atoms with Gasteiger partial charge in [-0.15, -0.1) is 0 Å². The Balaban J connectivity index is 1.92. The number of rotatable bonds is 4. The van der Waals surface area contributed by atoms with Crippen LogP contribution in [0, 0.1) is 28.6 Å². The van der Waals surface area contributed by atoms with Gasteiger partial charge in [0.15, 0.2) is 0 Å². The zero-order valence-corrected chi connectivity index (χ0v) is 17.3. The van der Waals surface area contributed by atoms with Gasteiger partial charge in [0.25, 0.3) is 0 Å². The summed E-state index contributed by atoms with van der Waals surface area (Å²) in [5.41, 5.74) is -1.28. The molecule has 2 aliphatic carbocycles. The van der Waals surface area contributed by atoms with Gasteiger partial charge in [0.1, 0.15) is 6.10 Å². The number of fused-ring (bicyclic) bond motifs is 1. The second-order valence-electron chi connectivity index (χ2n) is 9.86. The Bertz CT molecular complexity index is 639. The zero-order chi connectivity index (χ0) is 20.0. The van der Waals surface area contributed by atoms with Crippen molar-refractivity contribution in [2.45, 2.75) is 84.8 Å². The topological polar surface area (TPSA) is 72.8 Å². The van der Waals surface area contributed by atoms with Crippen molar-refractivity contribution in [1.82, 2.24) is 0 Å². The molecule has 0 radical (unpaired) electrons. The van der Waals surface area contributed by atoms with Gasteiger partial charge >= 0.3 is 11.9 Å². The van der Waals surface area contributed by atoms with E-state index in [0.717, 1.165) is 19.3 Å². The summed E-state index contributed by atoms with van der Waals surface area (Å²) in [6.45, 7) is 10.2. The van der Waals surface area contributed by atoms with Crippen LogP contribution in [0.15, 0.2) is 12.3 Å². The number of hydrogen-bond acceptors (Lipinski definition) is 5. The number of esters is 2. The van der Waals surface area contributed by atoms with E-state index in [1.165, 1.54) is 13.2 Å². The monoisotopic (exact) mass is 378 g/mol. The molecule has 0 aromatic carbocycles. The molecular formula is C22H34O5. The molecule has 1 unspecified atom stereocenters. The summed E-state index contributed by atoms with van der Waals surface area (Å²) in [5.74, 6) is -0.676. The third kappa shape index (κ3) is 3.32. The summed E-state index contributed by atoms with van der Waals surface area (Å²) in [5, 5.41) is 12.0. The number of carbonyl (C=O) groups is 2. The Morgan fingerprint density at radius 3 is 2.63 bits per heavy atom. The summed E-state index contributed by atoms with van der Waals surface area (Å²) in [7, 11) is 0. The van der Waals surface area contributed by atoms with E-state index in [0.29, 0.717) is 19.3 Å². The smallest absolute Gasteiger partial charge is 0.317 e. The van der Waals surface area contributed by atoms with Crippen LogP contribution in [0.4, 0.5) is 0 Å². The molecule has 0 aromatic rings. The van der Waals surface area contributed by atoms with Crippen molar-refractivity contribution in [3.05, 3.63) is 12.3 Å². The van der Waals surface area contributed by atoms with Crippen LogP contribution in [0.2, 0.25) is 0 Å². The van der Waals surface area contributed by atoms with Crippen molar-refractivity contribution >= 4 is 11.9 Å². The van der Waals surface area contributed by atoms with Crippen molar-refractivity contribution in [2.24, 2.45) is 28.6 Å². The number of hydrogen-bond donors (Lipinski definition) is 1. The number of carbonyl (C=O) groups excluding carboxylic acids is 2. The summed E-state index contributed by atoms with van der Waals surface area (Å²) in [6, 6.07) is 0. The Kier molecular flexibility index (Phi) is 5.21.